The number of nitrogens with one attached hydrogen (secondary N) is 1. The van der Waals surface area contributed by atoms with Gasteiger partial charge in [0, 0.05) is 13.0 Å². The van der Waals surface area contributed by atoms with E-state index >= 15 is 0 Å². The van der Waals surface area contributed by atoms with Gasteiger partial charge in [-0.3, -0.25) is 4.79 Å². The first kappa shape index (κ1) is 7.54. The Labute approximate surface area is 61.0 Å². The maximum atomic E-state index is 10.8. The van der Waals surface area contributed by atoms with E-state index in [1.807, 2.05) is 0 Å². The summed E-state index contributed by atoms with van der Waals surface area (Å²) in [6.07, 6.45) is 2.66. The molecule has 0 bridgehead atoms. The molecule has 0 aliphatic carbocycles. The number of hydrogen-bond donors (Lipinski definition) is 2. The number of hydrogen-bond acceptors (Lipinski definition) is 2. The SMILES string of the molecule is NC[C@@H]1CCNC(=O)CC1. The number of amides is 1. The lowest BCUT2D eigenvalue weighted by Crippen LogP contribution is -2.21. The molecular weight excluding hydrogens is 128 g/mol. The van der Waals surface area contributed by atoms with Crippen LogP contribution >= 0.6 is 0 Å². The molecule has 10 heavy (non-hydrogen) atoms. The van der Waals surface area contributed by atoms with Gasteiger partial charge in [-0.05, 0) is 25.3 Å². The maximum Gasteiger partial charge on any atom is 0.220 e. The lowest BCUT2D eigenvalue weighted by molar-refractivity contribution is -0.120. The van der Waals surface area contributed by atoms with Crippen molar-refractivity contribution in [1.29, 1.82) is 0 Å². The molecule has 3 nitrogen and oxygen atoms in total. The Bertz CT molecular complexity index is 125. The van der Waals surface area contributed by atoms with Gasteiger partial charge in [0.2, 0.25) is 5.91 Å². The summed E-state index contributed by atoms with van der Waals surface area (Å²) in [4.78, 5) is 10.8. The Kier molecular flexibility index (Phi) is 2.68. The number of carbonyl (C=O) groups excluding carboxylic acids is 1. The van der Waals surface area contributed by atoms with E-state index in [9.17, 15) is 4.79 Å². The average Bonchev–Trinajstić information content (AvgIpc) is 2.14. The molecule has 0 radical (unpaired) electrons. The molecule has 0 spiro atoms. The van der Waals surface area contributed by atoms with Crippen molar-refractivity contribution in [2.45, 2.75) is 19.3 Å². The van der Waals surface area contributed by atoms with Gasteiger partial charge in [0.15, 0.2) is 0 Å². The second-order valence-electron chi connectivity index (χ2n) is 2.78. The van der Waals surface area contributed by atoms with Crippen molar-refractivity contribution >= 4 is 5.91 Å². The molecule has 1 heterocycles. The first-order valence-corrected chi connectivity index (χ1v) is 3.79. The Hall–Kier alpha value is -0.570. The lowest BCUT2D eigenvalue weighted by atomic mass is 10.0. The molecule has 0 aromatic carbocycles. The molecule has 3 heteroatoms. The minimum Gasteiger partial charge on any atom is -0.356 e. The summed E-state index contributed by atoms with van der Waals surface area (Å²) >= 11 is 0. The molecule has 1 amide bonds. The zero-order valence-corrected chi connectivity index (χ0v) is 6.10. The Morgan fingerprint density at radius 3 is 3.10 bits per heavy atom. The summed E-state index contributed by atoms with van der Waals surface area (Å²) in [6.45, 7) is 1.52. The van der Waals surface area contributed by atoms with Gasteiger partial charge in [0.25, 0.3) is 0 Å². The van der Waals surface area contributed by atoms with E-state index < -0.39 is 0 Å². The maximum absolute atomic E-state index is 10.8. The van der Waals surface area contributed by atoms with Crippen LogP contribution in [0.25, 0.3) is 0 Å². The van der Waals surface area contributed by atoms with Crippen LogP contribution in [0.2, 0.25) is 0 Å². The van der Waals surface area contributed by atoms with Gasteiger partial charge in [-0.1, -0.05) is 0 Å². The number of carbonyl (C=O) groups is 1. The summed E-state index contributed by atoms with van der Waals surface area (Å²) in [5.74, 6) is 0.731. The number of rotatable bonds is 1. The molecule has 3 N–H and O–H groups in total. The van der Waals surface area contributed by atoms with E-state index in [0.29, 0.717) is 12.3 Å². The Balaban J connectivity index is 2.33. The van der Waals surface area contributed by atoms with E-state index in [1.165, 1.54) is 0 Å². The van der Waals surface area contributed by atoms with Crippen LogP contribution in [0.3, 0.4) is 0 Å². The molecular formula is C7H14N2O. The summed E-state index contributed by atoms with van der Waals surface area (Å²) in [7, 11) is 0. The normalized spacial score (nSPS) is 27.3. The van der Waals surface area contributed by atoms with Crippen molar-refractivity contribution < 1.29 is 4.79 Å². The zero-order valence-electron chi connectivity index (χ0n) is 6.10. The summed E-state index contributed by atoms with van der Waals surface area (Å²) in [6, 6.07) is 0. The van der Waals surface area contributed by atoms with Crippen molar-refractivity contribution in [3.8, 4) is 0 Å². The molecule has 1 rings (SSSR count). The Morgan fingerprint density at radius 2 is 2.40 bits per heavy atom. The third-order valence-electron chi connectivity index (χ3n) is 1.99. The molecule has 0 aromatic heterocycles. The minimum atomic E-state index is 0.177. The van der Waals surface area contributed by atoms with Gasteiger partial charge < -0.3 is 11.1 Å². The Morgan fingerprint density at radius 1 is 1.60 bits per heavy atom. The van der Waals surface area contributed by atoms with Gasteiger partial charge in [0.1, 0.15) is 0 Å². The second kappa shape index (κ2) is 3.56. The van der Waals surface area contributed by atoms with Gasteiger partial charge in [0.05, 0.1) is 0 Å². The molecule has 1 saturated heterocycles. The smallest absolute Gasteiger partial charge is 0.220 e. The number of nitrogens with two attached hydrogens (primary N) is 1. The van der Waals surface area contributed by atoms with Crippen LogP contribution in [0.1, 0.15) is 19.3 Å². The first-order chi connectivity index (χ1) is 4.83. The van der Waals surface area contributed by atoms with Crippen LogP contribution in [0.15, 0.2) is 0 Å². The molecule has 0 aromatic rings. The van der Waals surface area contributed by atoms with E-state index in [2.05, 4.69) is 5.32 Å². The van der Waals surface area contributed by atoms with Gasteiger partial charge in [-0.25, -0.2) is 0 Å². The molecule has 1 aliphatic heterocycles. The van der Waals surface area contributed by atoms with Crippen LogP contribution in [-0.4, -0.2) is 19.0 Å². The van der Waals surface area contributed by atoms with Gasteiger partial charge in [-0.2, -0.15) is 0 Å². The highest BCUT2D eigenvalue weighted by Gasteiger charge is 2.13. The van der Waals surface area contributed by atoms with Gasteiger partial charge >= 0.3 is 0 Å². The fraction of sp³-hybridized carbons (Fsp3) is 0.857. The van der Waals surface area contributed by atoms with Crippen LogP contribution in [0.5, 0.6) is 0 Å². The first-order valence-electron chi connectivity index (χ1n) is 3.79. The highest BCUT2D eigenvalue weighted by atomic mass is 16.1. The molecule has 1 fully saturated rings. The lowest BCUT2D eigenvalue weighted by Gasteiger charge is -2.07. The van der Waals surface area contributed by atoms with Crippen molar-refractivity contribution in [3.05, 3.63) is 0 Å². The topological polar surface area (TPSA) is 55.1 Å². The largest absolute Gasteiger partial charge is 0.356 e. The third-order valence-corrected chi connectivity index (χ3v) is 1.99. The van der Waals surface area contributed by atoms with E-state index in [0.717, 1.165) is 25.9 Å². The van der Waals surface area contributed by atoms with Crippen LogP contribution < -0.4 is 11.1 Å². The second-order valence-corrected chi connectivity index (χ2v) is 2.78. The molecule has 0 unspecified atom stereocenters. The van der Waals surface area contributed by atoms with E-state index in [1.54, 1.807) is 0 Å². The minimum absolute atomic E-state index is 0.177. The summed E-state index contributed by atoms with van der Waals surface area (Å²) in [5.41, 5.74) is 5.48. The van der Waals surface area contributed by atoms with Crippen molar-refractivity contribution in [3.63, 3.8) is 0 Å². The predicted octanol–water partition coefficient (Wildman–Crippen LogP) is -0.139. The van der Waals surface area contributed by atoms with Crippen LogP contribution in [0, 0.1) is 5.92 Å². The van der Waals surface area contributed by atoms with E-state index in [4.69, 9.17) is 5.73 Å². The quantitative estimate of drug-likeness (QED) is 0.535. The molecule has 1 aliphatic rings. The average molecular weight is 142 g/mol. The van der Waals surface area contributed by atoms with Crippen LogP contribution in [0.4, 0.5) is 0 Å². The highest BCUT2D eigenvalue weighted by Crippen LogP contribution is 2.11. The fourth-order valence-electron chi connectivity index (χ4n) is 1.22. The third kappa shape index (κ3) is 1.99. The summed E-state index contributed by atoms with van der Waals surface area (Å²) in [5, 5.41) is 2.81. The highest BCUT2D eigenvalue weighted by molar-refractivity contribution is 5.76. The molecule has 0 saturated carbocycles. The standard InChI is InChI=1S/C7H14N2O/c8-5-6-1-2-7(10)9-4-3-6/h6H,1-5,8H2,(H,9,10)/t6-/m0/s1. The van der Waals surface area contributed by atoms with Gasteiger partial charge in [-0.15, -0.1) is 0 Å². The van der Waals surface area contributed by atoms with Crippen molar-refractivity contribution in [2.24, 2.45) is 11.7 Å². The zero-order chi connectivity index (χ0) is 7.40. The van der Waals surface area contributed by atoms with E-state index in [-0.39, 0.29) is 5.91 Å². The summed E-state index contributed by atoms with van der Waals surface area (Å²) < 4.78 is 0. The van der Waals surface area contributed by atoms with Crippen molar-refractivity contribution in [1.82, 2.24) is 5.32 Å². The van der Waals surface area contributed by atoms with Crippen LogP contribution in [-0.2, 0) is 4.79 Å². The fourth-order valence-corrected chi connectivity index (χ4v) is 1.22. The van der Waals surface area contributed by atoms with Crippen molar-refractivity contribution in [2.75, 3.05) is 13.1 Å². The predicted molar refractivity (Wildman–Crippen MR) is 39.4 cm³/mol. The molecule has 1 atom stereocenters. The monoisotopic (exact) mass is 142 g/mol. The molecule has 58 valence electrons.